The van der Waals surface area contributed by atoms with Crippen molar-refractivity contribution in [1.82, 2.24) is 5.32 Å². The van der Waals surface area contributed by atoms with Crippen LogP contribution in [0.5, 0.6) is 0 Å². The number of ether oxygens (including phenoxy) is 2. The van der Waals surface area contributed by atoms with Crippen molar-refractivity contribution in [2.24, 2.45) is 0 Å². The lowest BCUT2D eigenvalue weighted by Crippen LogP contribution is -2.49. The van der Waals surface area contributed by atoms with Gasteiger partial charge in [-0.05, 0) is 36.1 Å². The molecule has 2 fully saturated rings. The number of nitrogens with one attached hydrogen (secondary N) is 1. The van der Waals surface area contributed by atoms with E-state index in [4.69, 9.17) is 9.47 Å². The summed E-state index contributed by atoms with van der Waals surface area (Å²) in [6, 6.07) is 17.0. The molecule has 2 aromatic carbocycles. The fourth-order valence-corrected chi connectivity index (χ4v) is 3.43. The molecule has 1 N–H and O–H groups in total. The van der Waals surface area contributed by atoms with Gasteiger partial charge in [-0.3, -0.25) is 5.32 Å². The van der Waals surface area contributed by atoms with Crippen LogP contribution in [0.2, 0.25) is 0 Å². The molecule has 2 aliphatic heterocycles. The van der Waals surface area contributed by atoms with Crippen LogP contribution >= 0.6 is 0 Å². The quantitative estimate of drug-likeness (QED) is 0.916. The van der Waals surface area contributed by atoms with Gasteiger partial charge in [0, 0.05) is 0 Å². The molecule has 0 bridgehead atoms. The topological polar surface area (TPSA) is 30.5 Å². The monoisotopic (exact) mass is 313 g/mol. The molecule has 3 nitrogen and oxygen atoms in total. The Kier molecular flexibility index (Phi) is 3.89. The van der Waals surface area contributed by atoms with Crippen molar-refractivity contribution < 1.29 is 13.9 Å². The Labute approximate surface area is 135 Å². The highest BCUT2D eigenvalue weighted by atomic mass is 19.1. The molecule has 3 atom stereocenters. The minimum Gasteiger partial charge on any atom is -0.369 e. The Morgan fingerprint density at radius 3 is 2.48 bits per heavy atom. The number of hydrogen-bond acceptors (Lipinski definition) is 3. The third kappa shape index (κ3) is 3.02. The summed E-state index contributed by atoms with van der Waals surface area (Å²) in [7, 11) is 0. The maximum Gasteiger partial charge on any atom is 0.143 e. The van der Waals surface area contributed by atoms with Gasteiger partial charge in [0.15, 0.2) is 0 Å². The summed E-state index contributed by atoms with van der Waals surface area (Å²) in [5.74, 6) is -0.214. The predicted molar refractivity (Wildman–Crippen MR) is 85.3 cm³/mol. The van der Waals surface area contributed by atoms with Gasteiger partial charge in [-0.15, -0.1) is 0 Å². The van der Waals surface area contributed by atoms with Crippen LogP contribution in [0.25, 0.3) is 0 Å². The van der Waals surface area contributed by atoms with E-state index >= 15 is 0 Å². The van der Waals surface area contributed by atoms with Gasteiger partial charge in [0.25, 0.3) is 0 Å². The summed E-state index contributed by atoms with van der Waals surface area (Å²) in [5, 5.41) is 3.54. The first kappa shape index (κ1) is 14.8. The minimum absolute atomic E-state index is 0.0903. The van der Waals surface area contributed by atoms with Crippen LogP contribution < -0.4 is 5.32 Å². The van der Waals surface area contributed by atoms with Crippen LogP contribution in [-0.2, 0) is 9.47 Å². The van der Waals surface area contributed by atoms with E-state index in [0.717, 1.165) is 18.4 Å². The molecule has 0 amide bonds. The average Bonchev–Trinajstić information content (AvgIpc) is 3.01. The molecular weight excluding hydrogens is 293 g/mol. The summed E-state index contributed by atoms with van der Waals surface area (Å²) < 4.78 is 25.1. The van der Waals surface area contributed by atoms with Crippen LogP contribution in [0.1, 0.15) is 36.1 Å². The van der Waals surface area contributed by atoms with Crippen molar-refractivity contribution in [3.05, 3.63) is 71.5 Å². The molecule has 2 aliphatic rings. The normalized spacial score (nSPS) is 30.7. The average molecular weight is 313 g/mol. The Morgan fingerprint density at radius 1 is 1.00 bits per heavy atom. The van der Waals surface area contributed by atoms with E-state index in [9.17, 15) is 4.39 Å². The molecule has 0 aromatic heterocycles. The second-order valence-corrected chi connectivity index (χ2v) is 6.30. The van der Waals surface area contributed by atoms with Crippen LogP contribution in [0.4, 0.5) is 4.39 Å². The second kappa shape index (κ2) is 6.04. The van der Waals surface area contributed by atoms with E-state index in [-0.39, 0.29) is 18.0 Å². The Hall–Kier alpha value is -1.75. The van der Waals surface area contributed by atoms with Gasteiger partial charge in [-0.2, -0.15) is 0 Å². The van der Waals surface area contributed by atoms with Crippen molar-refractivity contribution in [3.8, 4) is 0 Å². The maximum absolute atomic E-state index is 13.1. The first-order chi connectivity index (χ1) is 11.2. The zero-order valence-corrected chi connectivity index (χ0v) is 12.9. The van der Waals surface area contributed by atoms with Gasteiger partial charge < -0.3 is 9.47 Å². The smallest absolute Gasteiger partial charge is 0.143 e. The highest BCUT2D eigenvalue weighted by Crippen LogP contribution is 2.38. The van der Waals surface area contributed by atoms with Crippen molar-refractivity contribution >= 4 is 0 Å². The SMILES string of the molecule is Fc1ccc([C@H]2COC3(CC[C@H](c4ccccc4)OC3)N2)cc1. The van der Waals surface area contributed by atoms with Gasteiger partial charge >= 0.3 is 0 Å². The van der Waals surface area contributed by atoms with Crippen LogP contribution in [0.15, 0.2) is 54.6 Å². The molecule has 0 aliphatic carbocycles. The van der Waals surface area contributed by atoms with E-state index in [1.54, 1.807) is 0 Å². The van der Waals surface area contributed by atoms with E-state index in [1.807, 2.05) is 30.3 Å². The van der Waals surface area contributed by atoms with E-state index in [2.05, 4.69) is 17.4 Å². The van der Waals surface area contributed by atoms with Gasteiger partial charge in [0.1, 0.15) is 11.5 Å². The lowest BCUT2D eigenvalue weighted by Gasteiger charge is -2.37. The summed E-state index contributed by atoms with van der Waals surface area (Å²) in [6.07, 6.45) is 1.97. The largest absolute Gasteiger partial charge is 0.369 e. The van der Waals surface area contributed by atoms with Gasteiger partial charge in [0.05, 0.1) is 25.4 Å². The van der Waals surface area contributed by atoms with Crippen LogP contribution in [-0.4, -0.2) is 18.9 Å². The zero-order valence-electron chi connectivity index (χ0n) is 12.9. The molecule has 2 saturated heterocycles. The summed E-state index contributed by atoms with van der Waals surface area (Å²) in [6.45, 7) is 1.12. The van der Waals surface area contributed by atoms with Gasteiger partial charge in [0.2, 0.25) is 0 Å². The van der Waals surface area contributed by atoms with Gasteiger partial charge in [-0.1, -0.05) is 42.5 Å². The fraction of sp³-hybridized carbons (Fsp3) is 0.368. The Bertz CT molecular complexity index is 651. The molecule has 4 rings (SSSR count). The lowest BCUT2D eigenvalue weighted by molar-refractivity contribution is -0.139. The summed E-state index contributed by atoms with van der Waals surface area (Å²) in [5.41, 5.74) is 1.86. The van der Waals surface area contributed by atoms with E-state index < -0.39 is 5.72 Å². The summed E-state index contributed by atoms with van der Waals surface area (Å²) >= 11 is 0. The maximum atomic E-state index is 13.1. The number of benzene rings is 2. The standard InChI is InChI=1S/C19H20FNO2/c20-16-8-6-14(7-9-16)17-12-23-19(21-17)11-10-18(22-13-19)15-4-2-1-3-5-15/h1-9,17-18,21H,10-13H2/t17-,18-,19?/m1/s1. The number of hydrogen-bond donors (Lipinski definition) is 1. The predicted octanol–water partition coefficient (Wildman–Crippen LogP) is 3.73. The summed E-state index contributed by atoms with van der Waals surface area (Å²) in [4.78, 5) is 0. The van der Waals surface area contributed by atoms with Crippen molar-refractivity contribution in [2.45, 2.75) is 30.7 Å². The van der Waals surface area contributed by atoms with Crippen molar-refractivity contribution in [1.29, 1.82) is 0 Å². The van der Waals surface area contributed by atoms with Crippen LogP contribution in [0, 0.1) is 5.82 Å². The molecular formula is C19H20FNO2. The molecule has 23 heavy (non-hydrogen) atoms. The Morgan fingerprint density at radius 2 is 1.78 bits per heavy atom. The zero-order chi connectivity index (χ0) is 15.7. The lowest BCUT2D eigenvalue weighted by atomic mass is 9.96. The minimum atomic E-state index is -0.412. The molecule has 1 spiro atoms. The molecule has 4 heteroatoms. The van der Waals surface area contributed by atoms with Crippen molar-refractivity contribution in [2.75, 3.05) is 13.2 Å². The molecule has 2 heterocycles. The number of halogens is 1. The molecule has 0 saturated carbocycles. The first-order valence-corrected chi connectivity index (χ1v) is 8.08. The van der Waals surface area contributed by atoms with Crippen molar-refractivity contribution in [3.63, 3.8) is 0 Å². The third-order valence-electron chi connectivity index (χ3n) is 4.74. The fourth-order valence-electron chi connectivity index (χ4n) is 3.43. The van der Waals surface area contributed by atoms with E-state index in [1.165, 1.54) is 17.7 Å². The third-order valence-corrected chi connectivity index (χ3v) is 4.74. The molecule has 2 aromatic rings. The first-order valence-electron chi connectivity index (χ1n) is 8.08. The molecule has 0 radical (unpaired) electrons. The highest BCUT2D eigenvalue weighted by Gasteiger charge is 2.43. The van der Waals surface area contributed by atoms with Gasteiger partial charge in [-0.25, -0.2) is 4.39 Å². The van der Waals surface area contributed by atoms with Crippen LogP contribution in [0.3, 0.4) is 0 Å². The molecule has 1 unspecified atom stereocenters. The second-order valence-electron chi connectivity index (χ2n) is 6.30. The highest BCUT2D eigenvalue weighted by molar-refractivity contribution is 5.22. The molecule has 120 valence electrons. The van der Waals surface area contributed by atoms with E-state index in [0.29, 0.717) is 13.2 Å². The number of rotatable bonds is 2. The Balaban J connectivity index is 1.41.